The lowest BCUT2D eigenvalue weighted by Crippen LogP contribution is -2.51. The van der Waals surface area contributed by atoms with Gasteiger partial charge in [-0.2, -0.15) is 0 Å². The Balaban J connectivity index is 1.90. The molecule has 0 unspecified atom stereocenters. The maximum atomic E-state index is 12.6. The van der Waals surface area contributed by atoms with E-state index >= 15 is 0 Å². The molecule has 1 aromatic carbocycles. The zero-order chi connectivity index (χ0) is 17.7. The van der Waals surface area contributed by atoms with Crippen molar-refractivity contribution in [2.75, 3.05) is 32.8 Å². The Bertz CT molecular complexity index is 558. The smallest absolute Gasteiger partial charge is 0.253 e. The molecule has 1 aliphatic rings. The van der Waals surface area contributed by atoms with E-state index in [9.17, 15) is 9.59 Å². The summed E-state index contributed by atoms with van der Waals surface area (Å²) in [5.74, 6) is 1.44. The minimum Gasteiger partial charge on any atom is -0.493 e. The first-order valence-corrected chi connectivity index (χ1v) is 8.69. The summed E-state index contributed by atoms with van der Waals surface area (Å²) >= 11 is 0. The lowest BCUT2D eigenvalue weighted by molar-refractivity contribution is -0.135. The molecular weight excluding hydrogens is 304 g/mol. The Morgan fingerprint density at radius 2 is 1.50 bits per heavy atom. The summed E-state index contributed by atoms with van der Waals surface area (Å²) in [5, 5.41) is 0. The third kappa shape index (κ3) is 4.73. The van der Waals surface area contributed by atoms with Gasteiger partial charge in [0.05, 0.1) is 6.61 Å². The molecule has 132 valence electrons. The molecule has 1 fully saturated rings. The van der Waals surface area contributed by atoms with Gasteiger partial charge < -0.3 is 14.5 Å². The van der Waals surface area contributed by atoms with E-state index in [-0.39, 0.29) is 17.7 Å². The predicted octanol–water partition coefficient (Wildman–Crippen LogP) is 2.66. The van der Waals surface area contributed by atoms with E-state index in [1.807, 2.05) is 47.9 Å². The quantitative estimate of drug-likeness (QED) is 0.833. The summed E-state index contributed by atoms with van der Waals surface area (Å²) in [6, 6.07) is 7.30. The van der Waals surface area contributed by atoms with E-state index in [2.05, 4.69) is 13.8 Å². The molecule has 1 heterocycles. The molecule has 0 radical (unpaired) electrons. The number of hydrogen-bond donors (Lipinski definition) is 0. The molecule has 2 rings (SSSR count). The van der Waals surface area contributed by atoms with Crippen LogP contribution in [0.1, 0.15) is 38.1 Å². The second kappa shape index (κ2) is 8.18. The highest BCUT2D eigenvalue weighted by Crippen LogP contribution is 2.16. The van der Waals surface area contributed by atoms with Crippen LogP contribution in [0.25, 0.3) is 0 Å². The lowest BCUT2D eigenvalue weighted by atomic mass is 10.1. The van der Waals surface area contributed by atoms with Gasteiger partial charge in [0.15, 0.2) is 0 Å². The molecule has 0 aliphatic carbocycles. The van der Waals surface area contributed by atoms with Gasteiger partial charge in [0.1, 0.15) is 5.75 Å². The molecule has 1 aliphatic heterocycles. The normalized spacial score (nSPS) is 15.1. The van der Waals surface area contributed by atoms with Gasteiger partial charge in [-0.1, -0.05) is 27.7 Å². The van der Waals surface area contributed by atoms with Crippen molar-refractivity contribution in [2.24, 2.45) is 11.8 Å². The van der Waals surface area contributed by atoms with E-state index in [0.717, 1.165) is 5.75 Å². The Kier molecular flexibility index (Phi) is 6.23. The first kappa shape index (κ1) is 18.3. The second-order valence-corrected chi connectivity index (χ2v) is 7.00. The van der Waals surface area contributed by atoms with Crippen molar-refractivity contribution in [3.63, 3.8) is 0 Å². The van der Waals surface area contributed by atoms with Crippen molar-refractivity contribution in [3.8, 4) is 5.75 Å². The maximum Gasteiger partial charge on any atom is 0.253 e. The Morgan fingerprint density at radius 1 is 0.958 bits per heavy atom. The highest BCUT2D eigenvalue weighted by Gasteiger charge is 2.25. The predicted molar refractivity (Wildman–Crippen MR) is 94.1 cm³/mol. The molecule has 1 saturated heterocycles. The van der Waals surface area contributed by atoms with Crippen molar-refractivity contribution in [1.29, 1.82) is 0 Å². The summed E-state index contributed by atoms with van der Waals surface area (Å²) in [6.45, 7) is 11.1. The first-order chi connectivity index (χ1) is 11.4. The summed E-state index contributed by atoms with van der Waals surface area (Å²) in [4.78, 5) is 28.2. The highest BCUT2D eigenvalue weighted by molar-refractivity contribution is 5.94. The fourth-order valence-corrected chi connectivity index (χ4v) is 2.63. The molecule has 5 heteroatoms. The SMILES string of the molecule is CC(C)COc1ccc(C(=O)N2CCN(C(=O)C(C)C)CC2)cc1. The largest absolute Gasteiger partial charge is 0.493 e. The molecular formula is C19H28N2O3. The number of nitrogens with zero attached hydrogens (tertiary/aromatic N) is 2. The van der Waals surface area contributed by atoms with Crippen LogP contribution in [-0.2, 0) is 4.79 Å². The van der Waals surface area contributed by atoms with Crippen LogP contribution in [0.2, 0.25) is 0 Å². The van der Waals surface area contributed by atoms with E-state index < -0.39 is 0 Å². The minimum absolute atomic E-state index is 0.00522. The number of benzene rings is 1. The minimum atomic E-state index is 0.00522. The number of carbonyl (C=O) groups is 2. The molecule has 0 saturated carbocycles. The van der Waals surface area contributed by atoms with Crippen molar-refractivity contribution in [3.05, 3.63) is 29.8 Å². The van der Waals surface area contributed by atoms with Crippen molar-refractivity contribution in [1.82, 2.24) is 9.80 Å². The number of rotatable bonds is 5. The van der Waals surface area contributed by atoms with Gasteiger partial charge in [-0.15, -0.1) is 0 Å². The fourth-order valence-electron chi connectivity index (χ4n) is 2.63. The molecule has 1 aromatic rings. The molecule has 0 bridgehead atoms. The third-order valence-electron chi connectivity index (χ3n) is 4.06. The topological polar surface area (TPSA) is 49.9 Å². The Labute approximate surface area is 144 Å². The van der Waals surface area contributed by atoms with E-state index in [0.29, 0.717) is 44.3 Å². The number of hydrogen-bond acceptors (Lipinski definition) is 3. The van der Waals surface area contributed by atoms with Gasteiger partial charge in [0.2, 0.25) is 5.91 Å². The molecule has 0 aromatic heterocycles. The van der Waals surface area contributed by atoms with Crippen LogP contribution in [0.4, 0.5) is 0 Å². The molecule has 0 atom stereocenters. The molecule has 5 nitrogen and oxygen atoms in total. The van der Waals surface area contributed by atoms with Gasteiger partial charge in [-0.25, -0.2) is 0 Å². The van der Waals surface area contributed by atoms with Crippen molar-refractivity contribution >= 4 is 11.8 Å². The first-order valence-electron chi connectivity index (χ1n) is 8.69. The van der Waals surface area contributed by atoms with Gasteiger partial charge in [0.25, 0.3) is 5.91 Å². The van der Waals surface area contributed by atoms with Gasteiger partial charge in [-0.05, 0) is 30.2 Å². The van der Waals surface area contributed by atoms with Crippen LogP contribution < -0.4 is 4.74 Å². The Morgan fingerprint density at radius 3 is 2.00 bits per heavy atom. The van der Waals surface area contributed by atoms with Gasteiger partial charge in [0, 0.05) is 37.7 Å². The van der Waals surface area contributed by atoms with Crippen molar-refractivity contribution < 1.29 is 14.3 Å². The van der Waals surface area contributed by atoms with E-state index in [1.165, 1.54) is 0 Å². The van der Waals surface area contributed by atoms with Gasteiger partial charge >= 0.3 is 0 Å². The second-order valence-electron chi connectivity index (χ2n) is 7.00. The molecule has 0 spiro atoms. The molecule has 2 amide bonds. The molecule has 0 N–H and O–H groups in total. The number of piperazine rings is 1. The van der Waals surface area contributed by atoms with E-state index in [1.54, 1.807) is 0 Å². The Hall–Kier alpha value is -2.04. The zero-order valence-corrected chi connectivity index (χ0v) is 15.1. The standard InChI is InChI=1S/C19H28N2O3/c1-14(2)13-24-17-7-5-16(6-8-17)19(23)21-11-9-20(10-12-21)18(22)15(3)4/h5-8,14-15H,9-13H2,1-4H3. The summed E-state index contributed by atoms with van der Waals surface area (Å²) < 4.78 is 5.64. The van der Waals surface area contributed by atoms with Crippen LogP contribution in [0.15, 0.2) is 24.3 Å². The van der Waals surface area contributed by atoms with E-state index in [4.69, 9.17) is 4.74 Å². The number of ether oxygens (including phenoxy) is 1. The third-order valence-corrected chi connectivity index (χ3v) is 4.06. The molecule has 24 heavy (non-hydrogen) atoms. The van der Waals surface area contributed by atoms with Crippen molar-refractivity contribution in [2.45, 2.75) is 27.7 Å². The average Bonchev–Trinajstić information content (AvgIpc) is 2.59. The maximum absolute atomic E-state index is 12.6. The fraction of sp³-hybridized carbons (Fsp3) is 0.579. The number of carbonyl (C=O) groups excluding carboxylic acids is 2. The van der Waals surface area contributed by atoms with Crippen LogP contribution >= 0.6 is 0 Å². The van der Waals surface area contributed by atoms with Crippen LogP contribution in [-0.4, -0.2) is 54.4 Å². The summed E-state index contributed by atoms with van der Waals surface area (Å²) in [7, 11) is 0. The summed E-state index contributed by atoms with van der Waals surface area (Å²) in [5.41, 5.74) is 0.663. The van der Waals surface area contributed by atoms with Gasteiger partial charge in [-0.3, -0.25) is 9.59 Å². The average molecular weight is 332 g/mol. The highest BCUT2D eigenvalue weighted by atomic mass is 16.5. The van der Waals surface area contributed by atoms with Crippen LogP contribution in [0.5, 0.6) is 5.75 Å². The monoisotopic (exact) mass is 332 g/mol. The zero-order valence-electron chi connectivity index (χ0n) is 15.1. The lowest BCUT2D eigenvalue weighted by Gasteiger charge is -2.35. The summed E-state index contributed by atoms with van der Waals surface area (Å²) in [6.07, 6.45) is 0. The van der Waals surface area contributed by atoms with Crippen LogP contribution in [0, 0.1) is 11.8 Å². The van der Waals surface area contributed by atoms with Crippen LogP contribution in [0.3, 0.4) is 0 Å². The number of amides is 2.